The van der Waals surface area contributed by atoms with E-state index in [9.17, 15) is 4.79 Å². The number of Topliss-reactive ketones (excluding diaryl/α,β-unsaturated/α-hetero) is 1. The molecule has 0 saturated carbocycles. The van der Waals surface area contributed by atoms with E-state index in [-0.39, 0.29) is 12.2 Å². The van der Waals surface area contributed by atoms with E-state index in [1.54, 1.807) is 25.3 Å². The monoisotopic (exact) mass is 235 g/mol. The quantitative estimate of drug-likeness (QED) is 0.768. The number of hydrogen-bond acceptors (Lipinski definition) is 3. The molecule has 0 N–H and O–H groups in total. The summed E-state index contributed by atoms with van der Waals surface area (Å²) in [7, 11) is 0. The summed E-state index contributed by atoms with van der Waals surface area (Å²) >= 11 is 5.93. The van der Waals surface area contributed by atoms with Crippen molar-refractivity contribution in [1.82, 2.24) is 4.98 Å². The number of carbonyl (C=O) groups is 1. The molecule has 2 aromatic heterocycles. The highest BCUT2D eigenvalue weighted by molar-refractivity contribution is 6.31. The number of hydrogen-bond donors (Lipinski definition) is 0. The Bertz CT molecular complexity index is 519. The molecule has 16 heavy (non-hydrogen) atoms. The van der Waals surface area contributed by atoms with Crippen LogP contribution in [-0.2, 0) is 6.42 Å². The normalized spacial score (nSPS) is 10.4. The molecule has 0 unspecified atom stereocenters. The summed E-state index contributed by atoms with van der Waals surface area (Å²) in [5.41, 5.74) is 1.38. The zero-order valence-corrected chi connectivity index (χ0v) is 9.49. The Morgan fingerprint density at radius 3 is 2.94 bits per heavy atom. The van der Waals surface area contributed by atoms with E-state index in [0.717, 1.165) is 5.56 Å². The molecule has 0 aliphatic heterocycles. The van der Waals surface area contributed by atoms with Crippen LogP contribution in [0.3, 0.4) is 0 Å². The van der Waals surface area contributed by atoms with Crippen LogP contribution in [0.5, 0.6) is 0 Å². The number of nitrogens with zero attached hydrogens (tertiary/aromatic N) is 1. The molecule has 0 amide bonds. The second-order valence-electron chi connectivity index (χ2n) is 3.46. The molecule has 82 valence electrons. The number of furan rings is 1. The number of rotatable bonds is 3. The Balaban J connectivity index is 2.21. The molecule has 2 heterocycles. The summed E-state index contributed by atoms with van der Waals surface area (Å²) in [4.78, 5) is 15.8. The van der Waals surface area contributed by atoms with Crippen molar-refractivity contribution in [1.29, 1.82) is 0 Å². The molecule has 3 nitrogen and oxygen atoms in total. The molecule has 0 aromatic carbocycles. The highest BCUT2D eigenvalue weighted by Crippen LogP contribution is 2.18. The first-order chi connectivity index (χ1) is 7.68. The number of carbonyl (C=O) groups excluding carboxylic acids is 1. The number of ketones is 1. The van der Waals surface area contributed by atoms with Crippen LogP contribution in [0, 0.1) is 6.92 Å². The standard InChI is InChI=1S/C12H10ClNO2/c1-8-10(3-5-16-8)12(15)6-9-2-4-14-7-11(9)13/h2-5,7H,6H2,1H3. The van der Waals surface area contributed by atoms with E-state index in [4.69, 9.17) is 16.0 Å². The van der Waals surface area contributed by atoms with Gasteiger partial charge in [0, 0.05) is 18.8 Å². The third-order valence-corrected chi connectivity index (χ3v) is 2.71. The topological polar surface area (TPSA) is 43.1 Å². The Morgan fingerprint density at radius 2 is 2.31 bits per heavy atom. The second kappa shape index (κ2) is 4.49. The predicted molar refractivity (Wildman–Crippen MR) is 60.7 cm³/mol. The Kier molecular flexibility index (Phi) is 3.06. The first-order valence-electron chi connectivity index (χ1n) is 4.84. The van der Waals surface area contributed by atoms with Crippen molar-refractivity contribution in [3.05, 3.63) is 52.7 Å². The van der Waals surface area contributed by atoms with Crippen LogP contribution in [0.25, 0.3) is 0 Å². The van der Waals surface area contributed by atoms with Gasteiger partial charge in [-0.3, -0.25) is 9.78 Å². The minimum absolute atomic E-state index is 0.000602. The largest absolute Gasteiger partial charge is 0.469 e. The number of aryl methyl sites for hydroxylation is 1. The first kappa shape index (κ1) is 10.9. The number of pyridine rings is 1. The lowest BCUT2D eigenvalue weighted by atomic mass is 10.0. The molecule has 2 aromatic rings. The van der Waals surface area contributed by atoms with Gasteiger partial charge in [-0.05, 0) is 24.6 Å². The zero-order valence-electron chi connectivity index (χ0n) is 8.74. The maximum absolute atomic E-state index is 11.9. The minimum Gasteiger partial charge on any atom is -0.469 e. The molecular weight excluding hydrogens is 226 g/mol. The summed E-state index contributed by atoms with van der Waals surface area (Å²) in [6, 6.07) is 3.42. The van der Waals surface area contributed by atoms with Gasteiger partial charge in [-0.2, -0.15) is 0 Å². The fourth-order valence-electron chi connectivity index (χ4n) is 1.49. The average Bonchev–Trinajstić information content (AvgIpc) is 2.68. The lowest BCUT2D eigenvalue weighted by Crippen LogP contribution is -2.04. The molecule has 2 rings (SSSR count). The van der Waals surface area contributed by atoms with Gasteiger partial charge in [0.2, 0.25) is 0 Å². The molecule has 0 saturated heterocycles. The van der Waals surface area contributed by atoms with Crippen molar-refractivity contribution in [3.63, 3.8) is 0 Å². The second-order valence-corrected chi connectivity index (χ2v) is 3.86. The Morgan fingerprint density at radius 1 is 1.50 bits per heavy atom. The fourth-order valence-corrected chi connectivity index (χ4v) is 1.68. The van der Waals surface area contributed by atoms with Crippen LogP contribution < -0.4 is 0 Å². The summed E-state index contributed by atoms with van der Waals surface area (Å²) in [6.07, 6.45) is 4.93. The first-order valence-corrected chi connectivity index (χ1v) is 5.22. The van der Waals surface area contributed by atoms with Crippen LogP contribution in [-0.4, -0.2) is 10.8 Å². The number of aromatic nitrogens is 1. The van der Waals surface area contributed by atoms with Crippen molar-refractivity contribution in [2.24, 2.45) is 0 Å². The van der Waals surface area contributed by atoms with E-state index in [1.165, 1.54) is 12.5 Å². The molecule has 0 atom stereocenters. The van der Waals surface area contributed by atoms with Gasteiger partial charge in [0.05, 0.1) is 16.8 Å². The Hall–Kier alpha value is -1.61. The van der Waals surface area contributed by atoms with Crippen molar-refractivity contribution < 1.29 is 9.21 Å². The smallest absolute Gasteiger partial charge is 0.170 e. The van der Waals surface area contributed by atoms with Crippen LogP contribution >= 0.6 is 11.6 Å². The molecule has 0 aliphatic carbocycles. The van der Waals surface area contributed by atoms with Crippen LogP contribution in [0.15, 0.2) is 35.2 Å². The molecule has 0 bridgehead atoms. The maximum Gasteiger partial charge on any atom is 0.170 e. The van der Waals surface area contributed by atoms with Crippen LogP contribution in [0.1, 0.15) is 21.7 Å². The third-order valence-electron chi connectivity index (χ3n) is 2.37. The van der Waals surface area contributed by atoms with E-state index in [0.29, 0.717) is 16.3 Å². The third kappa shape index (κ3) is 2.14. The predicted octanol–water partition coefficient (Wildman–Crippen LogP) is 3.06. The van der Waals surface area contributed by atoms with E-state index >= 15 is 0 Å². The van der Waals surface area contributed by atoms with E-state index in [1.807, 2.05) is 0 Å². The Labute approximate surface area is 98.1 Å². The highest BCUT2D eigenvalue weighted by atomic mass is 35.5. The van der Waals surface area contributed by atoms with Gasteiger partial charge >= 0.3 is 0 Å². The van der Waals surface area contributed by atoms with Crippen molar-refractivity contribution in [2.75, 3.05) is 0 Å². The van der Waals surface area contributed by atoms with Gasteiger partial charge in [0.15, 0.2) is 5.78 Å². The van der Waals surface area contributed by atoms with Gasteiger partial charge in [-0.15, -0.1) is 0 Å². The summed E-state index contributed by atoms with van der Waals surface area (Å²) in [5.74, 6) is 0.634. The summed E-state index contributed by atoms with van der Waals surface area (Å²) in [6.45, 7) is 1.77. The molecular formula is C12H10ClNO2. The average molecular weight is 236 g/mol. The molecule has 0 radical (unpaired) electrons. The van der Waals surface area contributed by atoms with Gasteiger partial charge in [0.25, 0.3) is 0 Å². The van der Waals surface area contributed by atoms with Gasteiger partial charge < -0.3 is 4.42 Å². The van der Waals surface area contributed by atoms with Gasteiger partial charge in [-0.1, -0.05) is 11.6 Å². The lowest BCUT2D eigenvalue weighted by molar-refractivity contribution is 0.0991. The fraction of sp³-hybridized carbons (Fsp3) is 0.167. The van der Waals surface area contributed by atoms with Crippen molar-refractivity contribution >= 4 is 17.4 Å². The van der Waals surface area contributed by atoms with Gasteiger partial charge in [0.1, 0.15) is 5.76 Å². The highest BCUT2D eigenvalue weighted by Gasteiger charge is 2.13. The summed E-state index contributed by atoms with van der Waals surface area (Å²) < 4.78 is 5.09. The van der Waals surface area contributed by atoms with E-state index in [2.05, 4.69) is 4.98 Å². The van der Waals surface area contributed by atoms with Crippen molar-refractivity contribution in [3.8, 4) is 0 Å². The molecule has 4 heteroatoms. The molecule has 0 aliphatic rings. The van der Waals surface area contributed by atoms with Gasteiger partial charge in [-0.25, -0.2) is 0 Å². The molecule has 0 spiro atoms. The molecule has 0 fully saturated rings. The zero-order chi connectivity index (χ0) is 11.5. The van der Waals surface area contributed by atoms with Crippen molar-refractivity contribution in [2.45, 2.75) is 13.3 Å². The van der Waals surface area contributed by atoms with E-state index < -0.39 is 0 Å². The summed E-state index contributed by atoms with van der Waals surface area (Å²) in [5, 5.41) is 0.511. The van der Waals surface area contributed by atoms with Crippen LogP contribution in [0.2, 0.25) is 5.02 Å². The minimum atomic E-state index is -0.000602. The SMILES string of the molecule is Cc1occc1C(=O)Cc1ccncc1Cl. The lowest BCUT2D eigenvalue weighted by Gasteiger charge is -2.01. The maximum atomic E-state index is 11.9. The number of halogens is 1. The van der Waals surface area contributed by atoms with Crippen LogP contribution in [0.4, 0.5) is 0 Å².